The van der Waals surface area contributed by atoms with Crippen molar-refractivity contribution in [2.24, 2.45) is 11.7 Å². The second kappa shape index (κ2) is 9.25. The maximum Gasteiger partial charge on any atom is 0.416 e. The summed E-state index contributed by atoms with van der Waals surface area (Å²) in [5.41, 5.74) is 6.27. The first kappa shape index (κ1) is 23.1. The van der Waals surface area contributed by atoms with E-state index < -0.39 is 29.6 Å². The number of amides is 3. The summed E-state index contributed by atoms with van der Waals surface area (Å²) in [4.78, 5) is 42.2. The molecule has 1 aliphatic rings. The van der Waals surface area contributed by atoms with E-state index in [4.69, 9.17) is 15.2 Å². The number of pyridine rings is 1. The number of aromatic nitrogens is 1. The van der Waals surface area contributed by atoms with Gasteiger partial charge in [-0.1, -0.05) is 12.1 Å². The molecule has 170 valence electrons. The number of hydrogen-bond acceptors (Lipinski definition) is 6. The van der Waals surface area contributed by atoms with Crippen molar-refractivity contribution in [1.29, 1.82) is 0 Å². The molecule has 2 atom stereocenters. The molecule has 2 aromatic rings. The monoisotopic (exact) mass is 440 g/mol. The van der Waals surface area contributed by atoms with Crippen molar-refractivity contribution in [3.63, 3.8) is 0 Å². The Morgan fingerprint density at radius 1 is 1.16 bits per heavy atom. The largest absolute Gasteiger partial charge is 0.497 e. The number of carbonyl (C=O) groups is 3. The molecule has 1 aromatic heterocycles. The van der Waals surface area contributed by atoms with Crippen LogP contribution in [0.5, 0.6) is 5.75 Å². The number of primary amides is 1. The first-order valence-electron chi connectivity index (χ1n) is 10.3. The summed E-state index contributed by atoms with van der Waals surface area (Å²) in [7, 11) is 1.59. The second-order valence-corrected chi connectivity index (χ2v) is 8.64. The van der Waals surface area contributed by atoms with E-state index in [0.717, 1.165) is 11.1 Å². The van der Waals surface area contributed by atoms with E-state index in [-0.39, 0.29) is 12.5 Å². The number of nitrogens with zero attached hydrogens (tertiary/aromatic N) is 2. The van der Waals surface area contributed by atoms with Gasteiger partial charge in [-0.2, -0.15) is 0 Å². The van der Waals surface area contributed by atoms with E-state index >= 15 is 0 Å². The molecule has 1 aromatic carbocycles. The molecule has 0 bridgehead atoms. The Morgan fingerprint density at radius 3 is 2.41 bits per heavy atom. The number of ether oxygens (including phenoxy) is 2. The van der Waals surface area contributed by atoms with Crippen molar-refractivity contribution in [1.82, 2.24) is 10.3 Å². The number of nitrogens with two attached hydrogens (primary N) is 1. The maximum atomic E-state index is 13.0. The molecule has 0 spiro atoms. The standard InChI is InChI=1S/C23H28N4O5/c1-23(2,3)32-22(30)27(13-14-5-7-16(31-4)8-6-14)18-12-15(9-10-25-18)11-17-19(20(24)28)26-21(17)29/h5-10,12,17,19H,11,13H2,1-4H3,(H2,24,28)(H,26,29)/t17-,19+/m1/s1. The van der Waals surface area contributed by atoms with E-state index in [0.29, 0.717) is 18.0 Å². The molecule has 9 heteroatoms. The number of rotatable bonds is 7. The third-order valence-corrected chi connectivity index (χ3v) is 5.00. The number of hydrogen-bond donors (Lipinski definition) is 2. The summed E-state index contributed by atoms with van der Waals surface area (Å²) in [6.07, 6.45) is 1.32. The second-order valence-electron chi connectivity index (χ2n) is 8.64. The minimum Gasteiger partial charge on any atom is -0.497 e. The van der Waals surface area contributed by atoms with Crippen LogP contribution < -0.4 is 20.7 Å². The minimum absolute atomic E-state index is 0.225. The van der Waals surface area contributed by atoms with E-state index in [9.17, 15) is 14.4 Å². The van der Waals surface area contributed by atoms with Gasteiger partial charge in [-0.25, -0.2) is 9.78 Å². The summed E-state index contributed by atoms with van der Waals surface area (Å²) in [6, 6.07) is 10.1. The molecule has 3 N–H and O–H groups in total. The van der Waals surface area contributed by atoms with Crippen LogP contribution in [0.15, 0.2) is 42.6 Å². The van der Waals surface area contributed by atoms with Gasteiger partial charge in [0.05, 0.1) is 19.6 Å². The molecule has 3 rings (SSSR count). The van der Waals surface area contributed by atoms with Gasteiger partial charge in [-0.15, -0.1) is 0 Å². The highest BCUT2D eigenvalue weighted by molar-refractivity contribution is 5.98. The van der Waals surface area contributed by atoms with E-state index in [1.165, 1.54) is 4.90 Å². The first-order chi connectivity index (χ1) is 15.1. The lowest BCUT2D eigenvalue weighted by molar-refractivity contribution is -0.142. The fourth-order valence-electron chi connectivity index (χ4n) is 3.35. The smallest absolute Gasteiger partial charge is 0.416 e. The highest BCUT2D eigenvalue weighted by atomic mass is 16.6. The SMILES string of the molecule is COc1ccc(CN(C(=O)OC(C)(C)C)c2cc(C[C@H]3C(=O)N[C@@H]3C(N)=O)ccn2)cc1. The summed E-state index contributed by atoms with van der Waals surface area (Å²) < 4.78 is 10.8. The predicted octanol–water partition coefficient (Wildman–Crippen LogP) is 2.17. The summed E-state index contributed by atoms with van der Waals surface area (Å²) in [5, 5.41) is 2.51. The minimum atomic E-state index is -0.694. The van der Waals surface area contributed by atoms with E-state index in [1.54, 1.807) is 46.2 Å². The molecule has 2 heterocycles. The molecule has 1 fully saturated rings. The lowest BCUT2D eigenvalue weighted by Crippen LogP contribution is -2.64. The average Bonchev–Trinajstić information content (AvgIpc) is 2.73. The number of carbonyl (C=O) groups excluding carboxylic acids is 3. The molecule has 1 saturated heterocycles. The van der Waals surface area contributed by atoms with Gasteiger partial charge in [0.25, 0.3) is 0 Å². The molecular formula is C23H28N4O5. The summed E-state index contributed by atoms with van der Waals surface area (Å²) in [5.74, 6) is -0.254. The topological polar surface area (TPSA) is 124 Å². The maximum absolute atomic E-state index is 13.0. The van der Waals surface area contributed by atoms with Crippen LogP contribution >= 0.6 is 0 Å². The molecule has 32 heavy (non-hydrogen) atoms. The molecular weight excluding hydrogens is 412 g/mol. The van der Waals surface area contributed by atoms with Gasteiger partial charge in [0.2, 0.25) is 11.8 Å². The third-order valence-electron chi connectivity index (χ3n) is 5.00. The Balaban J connectivity index is 1.86. The van der Waals surface area contributed by atoms with Gasteiger partial charge in [0.1, 0.15) is 23.2 Å². The summed E-state index contributed by atoms with van der Waals surface area (Å²) in [6.45, 7) is 5.60. The van der Waals surface area contributed by atoms with Crippen molar-refractivity contribution < 1.29 is 23.9 Å². The number of benzene rings is 1. The number of anilines is 1. The van der Waals surface area contributed by atoms with Crippen molar-refractivity contribution in [3.05, 3.63) is 53.7 Å². The Hall–Kier alpha value is -3.62. The van der Waals surface area contributed by atoms with Crippen LogP contribution in [-0.2, 0) is 27.3 Å². The lowest BCUT2D eigenvalue weighted by Gasteiger charge is -2.34. The predicted molar refractivity (Wildman–Crippen MR) is 118 cm³/mol. The fraction of sp³-hybridized carbons (Fsp3) is 0.391. The van der Waals surface area contributed by atoms with Gasteiger partial charge in [0.15, 0.2) is 0 Å². The molecule has 9 nitrogen and oxygen atoms in total. The van der Waals surface area contributed by atoms with Crippen LogP contribution in [0.1, 0.15) is 31.9 Å². The van der Waals surface area contributed by atoms with Crippen LogP contribution in [0.3, 0.4) is 0 Å². The van der Waals surface area contributed by atoms with Crippen LogP contribution in [0.25, 0.3) is 0 Å². The van der Waals surface area contributed by atoms with E-state index in [2.05, 4.69) is 10.3 Å². The molecule has 1 aliphatic heterocycles. The normalized spacial score (nSPS) is 17.7. The molecule has 0 radical (unpaired) electrons. The van der Waals surface area contributed by atoms with E-state index in [1.807, 2.05) is 24.3 Å². The highest BCUT2D eigenvalue weighted by Crippen LogP contribution is 2.25. The third kappa shape index (κ3) is 5.54. The number of methoxy groups -OCH3 is 1. The summed E-state index contributed by atoms with van der Waals surface area (Å²) >= 11 is 0. The molecule has 0 saturated carbocycles. The van der Waals surface area contributed by atoms with Crippen molar-refractivity contribution >= 4 is 23.7 Å². The number of β-lactam (4-membered cyclic amide) rings is 1. The van der Waals surface area contributed by atoms with Crippen LogP contribution in [0.2, 0.25) is 0 Å². The zero-order valence-corrected chi connectivity index (χ0v) is 18.6. The van der Waals surface area contributed by atoms with Crippen molar-refractivity contribution in [3.8, 4) is 5.75 Å². The van der Waals surface area contributed by atoms with Gasteiger partial charge in [-0.3, -0.25) is 14.5 Å². The Bertz CT molecular complexity index is 1000. The number of nitrogens with one attached hydrogen (secondary N) is 1. The first-order valence-corrected chi connectivity index (χ1v) is 10.3. The fourth-order valence-corrected chi connectivity index (χ4v) is 3.35. The van der Waals surface area contributed by atoms with Crippen molar-refractivity contribution in [2.45, 2.75) is 45.4 Å². The Kier molecular flexibility index (Phi) is 6.67. The quantitative estimate of drug-likeness (QED) is 0.636. The van der Waals surface area contributed by atoms with Crippen LogP contribution in [0.4, 0.5) is 10.6 Å². The van der Waals surface area contributed by atoms with Gasteiger partial charge < -0.3 is 20.5 Å². The highest BCUT2D eigenvalue weighted by Gasteiger charge is 2.42. The lowest BCUT2D eigenvalue weighted by atomic mass is 9.84. The molecule has 3 amide bonds. The van der Waals surface area contributed by atoms with Crippen molar-refractivity contribution in [2.75, 3.05) is 12.0 Å². The molecule has 0 unspecified atom stereocenters. The van der Waals surface area contributed by atoms with Gasteiger partial charge in [-0.05, 0) is 62.6 Å². The Labute approximate surface area is 186 Å². The van der Waals surface area contributed by atoms with Crippen LogP contribution in [-0.4, -0.2) is 41.6 Å². The van der Waals surface area contributed by atoms with Gasteiger partial charge in [0, 0.05) is 6.20 Å². The average molecular weight is 441 g/mol. The Morgan fingerprint density at radius 2 is 1.84 bits per heavy atom. The van der Waals surface area contributed by atoms with Gasteiger partial charge >= 0.3 is 6.09 Å². The zero-order chi connectivity index (χ0) is 23.5. The zero-order valence-electron chi connectivity index (χ0n) is 18.6. The molecule has 0 aliphatic carbocycles. The van der Waals surface area contributed by atoms with Crippen LogP contribution in [0, 0.1) is 5.92 Å².